The lowest BCUT2D eigenvalue weighted by molar-refractivity contribution is 0.149. The number of hydrazine groups is 1. The van der Waals surface area contributed by atoms with E-state index in [0.717, 1.165) is 5.56 Å². The minimum atomic E-state index is -0.518. The van der Waals surface area contributed by atoms with Crippen molar-refractivity contribution in [3.05, 3.63) is 42.0 Å². The topological polar surface area (TPSA) is 50.4 Å². The molecule has 0 fully saturated rings. The van der Waals surface area contributed by atoms with Crippen molar-refractivity contribution in [2.75, 3.05) is 6.61 Å². The van der Waals surface area contributed by atoms with Crippen LogP contribution in [0.1, 0.15) is 18.1 Å². The maximum Gasteiger partial charge on any atom is 0.425 e. The zero-order valence-corrected chi connectivity index (χ0v) is 9.54. The first-order valence-corrected chi connectivity index (χ1v) is 5.08. The van der Waals surface area contributed by atoms with Gasteiger partial charge in [-0.25, -0.2) is 10.2 Å². The van der Waals surface area contributed by atoms with Gasteiger partial charge in [0.2, 0.25) is 0 Å². The van der Waals surface area contributed by atoms with E-state index in [1.807, 2.05) is 31.2 Å². The van der Waals surface area contributed by atoms with E-state index in [1.54, 1.807) is 6.92 Å². The molecule has 0 atom stereocenters. The van der Waals surface area contributed by atoms with E-state index < -0.39 is 6.09 Å². The Hall–Kier alpha value is -1.97. The molecule has 2 N–H and O–H groups in total. The molecule has 0 aliphatic rings. The van der Waals surface area contributed by atoms with Crippen molar-refractivity contribution in [3.63, 3.8) is 0 Å². The number of aryl methyl sites for hydroxylation is 1. The van der Waals surface area contributed by atoms with E-state index in [-0.39, 0.29) is 0 Å². The van der Waals surface area contributed by atoms with Gasteiger partial charge in [0.25, 0.3) is 0 Å². The van der Waals surface area contributed by atoms with Gasteiger partial charge in [-0.05, 0) is 19.4 Å². The van der Waals surface area contributed by atoms with Crippen LogP contribution in [-0.4, -0.2) is 12.7 Å². The summed E-state index contributed by atoms with van der Waals surface area (Å²) < 4.78 is 4.69. The highest BCUT2D eigenvalue weighted by atomic mass is 16.5. The van der Waals surface area contributed by atoms with Crippen LogP contribution in [0.5, 0.6) is 0 Å². The number of ether oxygens (including phenoxy) is 1. The summed E-state index contributed by atoms with van der Waals surface area (Å²) in [5, 5.41) is 0. The van der Waals surface area contributed by atoms with Crippen molar-refractivity contribution < 1.29 is 9.53 Å². The Balaban J connectivity index is 2.47. The Morgan fingerprint density at radius 2 is 1.94 bits per heavy atom. The fraction of sp³-hybridized carbons (Fsp3) is 0.250. The monoisotopic (exact) mass is 220 g/mol. The summed E-state index contributed by atoms with van der Waals surface area (Å²) in [5.41, 5.74) is 7.78. The molecule has 0 saturated heterocycles. The Kier molecular flexibility index (Phi) is 4.39. The summed E-state index contributed by atoms with van der Waals surface area (Å²) in [4.78, 5) is 11.0. The van der Waals surface area contributed by atoms with E-state index >= 15 is 0 Å². The first kappa shape index (κ1) is 12.1. The number of carbonyl (C=O) groups is 1. The lowest BCUT2D eigenvalue weighted by Gasteiger charge is -2.10. The molecule has 86 valence electrons. The molecule has 1 amide bonds. The van der Waals surface area contributed by atoms with Crippen molar-refractivity contribution in [1.82, 2.24) is 10.9 Å². The minimum Gasteiger partial charge on any atom is -0.449 e. The van der Waals surface area contributed by atoms with Crippen LogP contribution >= 0.6 is 0 Å². The van der Waals surface area contributed by atoms with Gasteiger partial charge >= 0.3 is 6.09 Å². The van der Waals surface area contributed by atoms with Gasteiger partial charge < -0.3 is 4.74 Å². The predicted molar refractivity (Wildman–Crippen MR) is 63.5 cm³/mol. The van der Waals surface area contributed by atoms with Gasteiger partial charge in [-0.1, -0.05) is 36.4 Å². The molecule has 1 aromatic carbocycles. The van der Waals surface area contributed by atoms with Crippen LogP contribution in [0.4, 0.5) is 4.79 Å². The number of amides is 1. The summed E-state index contributed by atoms with van der Waals surface area (Å²) in [6.07, 6.45) is -0.518. The van der Waals surface area contributed by atoms with E-state index in [9.17, 15) is 4.79 Å². The Bertz CT molecular complexity index is 371. The van der Waals surface area contributed by atoms with Crippen molar-refractivity contribution in [1.29, 1.82) is 0 Å². The average molecular weight is 220 g/mol. The third-order valence-electron chi connectivity index (χ3n) is 1.99. The molecule has 0 heterocycles. The van der Waals surface area contributed by atoms with Crippen LogP contribution < -0.4 is 10.9 Å². The lowest BCUT2D eigenvalue weighted by atomic mass is 10.1. The number of benzene rings is 1. The van der Waals surface area contributed by atoms with E-state index in [2.05, 4.69) is 17.4 Å². The van der Waals surface area contributed by atoms with Gasteiger partial charge in [-0.3, -0.25) is 5.43 Å². The molecule has 0 bridgehead atoms. The third-order valence-corrected chi connectivity index (χ3v) is 1.99. The van der Waals surface area contributed by atoms with E-state index in [4.69, 9.17) is 4.74 Å². The fourth-order valence-corrected chi connectivity index (χ4v) is 1.12. The summed E-state index contributed by atoms with van der Waals surface area (Å²) in [6, 6.07) is 7.81. The first-order valence-electron chi connectivity index (χ1n) is 5.08. The van der Waals surface area contributed by atoms with E-state index in [1.165, 1.54) is 5.56 Å². The van der Waals surface area contributed by atoms with Crippen LogP contribution in [0, 0.1) is 6.92 Å². The molecule has 16 heavy (non-hydrogen) atoms. The van der Waals surface area contributed by atoms with E-state index in [0.29, 0.717) is 12.3 Å². The number of carbonyl (C=O) groups excluding carboxylic acids is 1. The Morgan fingerprint density at radius 3 is 2.50 bits per heavy atom. The van der Waals surface area contributed by atoms with Gasteiger partial charge in [0.1, 0.15) is 0 Å². The van der Waals surface area contributed by atoms with Crippen LogP contribution in [0.3, 0.4) is 0 Å². The molecule has 0 unspecified atom stereocenters. The summed E-state index contributed by atoms with van der Waals surface area (Å²) in [6.45, 7) is 7.90. The zero-order chi connectivity index (χ0) is 12.0. The Labute approximate surface area is 95.3 Å². The maximum absolute atomic E-state index is 11.0. The van der Waals surface area contributed by atoms with Crippen molar-refractivity contribution in [2.24, 2.45) is 0 Å². The summed E-state index contributed by atoms with van der Waals surface area (Å²) >= 11 is 0. The van der Waals surface area contributed by atoms with Crippen LogP contribution in [0.15, 0.2) is 30.8 Å². The number of rotatable bonds is 4. The second-order valence-corrected chi connectivity index (χ2v) is 3.32. The molecule has 1 aromatic rings. The molecule has 0 radical (unpaired) electrons. The second-order valence-electron chi connectivity index (χ2n) is 3.32. The van der Waals surface area contributed by atoms with Gasteiger partial charge in [0.05, 0.1) is 12.3 Å². The first-order chi connectivity index (χ1) is 7.63. The molecule has 1 rings (SSSR count). The highest BCUT2D eigenvalue weighted by Gasteiger charge is 2.01. The molecule has 0 spiro atoms. The lowest BCUT2D eigenvalue weighted by Crippen LogP contribution is -2.36. The largest absolute Gasteiger partial charge is 0.449 e. The van der Waals surface area contributed by atoms with Gasteiger partial charge in [0.15, 0.2) is 0 Å². The zero-order valence-electron chi connectivity index (χ0n) is 9.54. The number of hydrogen-bond acceptors (Lipinski definition) is 3. The number of hydrogen-bond donors (Lipinski definition) is 2. The molecule has 0 aromatic heterocycles. The van der Waals surface area contributed by atoms with Crippen molar-refractivity contribution in [3.8, 4) is 0 Å². The summed E-state index contributed by atoms with van der Waals surface area (Å²) in [5.74, 6) is 0. The summed E-state index contributed by atoms with van der Waals surface area (Å²) in [7, 11) is 0. The molecule has 0 saturated carbocycles. The normalized spacial score (nSPS) is 9.38. The number of nitrogens with one attached hydrogen (secondary N) is 2. The van der Waals surface area contributed by atoms with Gasteiger partial charge in [0, 0.05) is 0 Å². The molecule has 4 heteroatoms. The molecule has 0 aliphatic heterocycles. The maximum atomic E-state index is 11.0. The van der Waals surface area contributed by atoms with Crippen LogP contribution in [0.2, 0.25) is 0 Å². The highest BCUT2D eigenvalue weighted by molar-refractivity contribution is 5.70. The molecule has 4 nitrogen and oxygen atoms in total. The fourth-order valence-electron chi connectivity index (χ4n) is 1.12. The smallest absolute Gasteiger partial charge is 0.425 e. The van der Waals surface area contributed by atoms with Gasteiger partial charge in [-0.15, -0.1) is 0 Å². The van der Waals surface area contributed by atoms with Crippen LogP contribution in [-0.2, 0) is 4.74 Å². The quantitative estimate of drug-likeness (QED) is 0.765. The Morgan fingerprint density at radius 1 is 1.31 bits per heavy atom. The second kappa shape index (κ2) is 5.80. The minimum absolute atomic E-state index is 0.338. The predicted octanol–water partition coefficient (Wildman–Crippen LogP) is 2.22. The molecule has 0 aliphatic carbocycles. The standard InChI is InChI=1S/C12H16N2O2/c1-4-16-12(15)14-13-10(3)11-7-5-9(2)6-8-11/h5-8,13H,3-4H2,1-2H3,(H,14,15). The third kappa shape index (κ3) is 3.65. The van der Waals surface area contributed by atoms with Crippen molar-refractivity contribution in [2.45, 2.75) is 13.8 Å². The average Bonchev–Trinajstić information content (AvgIpc) is 2.27. The van der Waals surface area contributed by atoms with Crippen molar-refractivity contribution >= 4 is 11.8 Å². The SMILES string of the molecule is C=C(NNC(=O)OCC)c1ccc(C)cc1. The van der Waals surface area contributed by atoms with Gasteiger partial charge in [-0.2, -0.15) is 0 Å². The molecular weight excluding hydrogens is 204 g/mol. The van der Waals surface area contributed by atoms with Crippen LogP contribution in [0.25, 0.3) is 5.70 Å². The molecular formula is C12H16N2O2. The highest BCUT2D eigenvalue weighted by Crippen LogP contribution is 2.09.